The number of urea groups is 1. The van der Waals surface area contributed by atoms with E-state index in [1.807, 2.05) is 20.8 Å². The maximum atomic E-state index is 11.4. The highest BCUT2D eigenvalue weighted by atomic mass is 16.2. The fraction of sp³-hybridized carbons (Fsp3) is 0.778. The second kappa shape index (κ2) is 2.72. The van der Waals surface area contributed by atoms with Gasteiger partial charge in [-0.2, -0.15) is 0 Å². The Kier molecular flexibility index (Phi) is 2.10. The average Bonchev–Trinajstić information content (AvgIpc) is 2.00. The molecule has 0 aromatic carbocycles. The third-order valence-electron chi connectivity index (χ3n) is 2.00. The van der Waals surface area contributed by atoms with Crippen LogP contribution in [-0.2, 0) is 4.79 Å². The Labute approximate surface area is 78.1 Å². The minimum absolute atomic E-state index is 0.0176. The van der Waals surface area contributed by atoms with Crippen molar-refractivity contribution in [2.24, 2.45) is 5.41 Å². The van der Waals surface area contributed by atoms with Gasteiger partial charge in [-0.05, 0) is 18.8 Å². The zero-order valence-electron chi connectivity index (χ0n) is 8.52. The van der Waals surface area contributed by atoms with Gasteiger partial charge in [-0.3, -0.25) is 10.1 Å². The molecule has 1 aliphatic rings. The van der Waals surface area contributed by atoms with Crippen LogP contribution in [0.1, 0.15) is 34.1 Å². The fourth-order valence-electron chi connectivity index (χ4n) is 1.76. The van der Waals surface area contributed by atoms with Crippen LogP contribution in [0, 0.1) is 5.41 Å². The predicted octanol–water partition coefficient (Wildman–Crippen LogP) is 1.02. The number of carbonyl (C=O) groups excluding carboxylic acids is 2. The lowest BCUT2D eigenvalue weighted by molar-refractivity contribution is -0.124. The maximum absolute atomic E-state index is 11.4. The molecule has 1 rings (SSSR count). The molecule has 0 radical (unpaired) electrons. The summed E-state index contributed by atoms with van der Waals surface area (Å²) in [6.07, 6.45) is 0.636. The molecule has 4 heteroatoms. The van der Waals surface area contributed by atoms with Crippen LogP contribution in [0.5, 0.6) is 0 Å². The molecule has 0 saturated carbocycles. The van der Waals surface area contributed by atoms with Crippen molar-refractivity contribution in [2.45, 2.75) is 39.7 Å². The van der Waals surface area contributed by atoms with Crippen molar-refractivity contribution < 1.29 is 9.59 Å². The van der Waals surface area contributed by atoms with Crippen LogP contribution in [0.2, 0.25) is 0 Å². The average molecular weight is 184 g/mol. The van der Waals surface area contributed by atoms with Crippen LogP contribution < -0.4 is 10.6 Å². The van der Waals surface area contributed by atoms with Crippen molar-refractivity contribution >= 4 is 11.9 Å². The van der Waals surface area contributed by atoms with E-state index in [4.69, 9.17) is 0 Å². The number of amides is 3. The molecule has 1 atom stereocenters. The molecule has 4 nitrogen and oxygen atoms in total. The Morgan fingerprint density at radius 2 is 1.85 bits per heavy atom. The first kappa shape index (κ1) is 10.0. The third kappa shape index (κ3) is 2.20. The zero-order chi connectivity index (χ0) is 10.3. The minimum atomic E-state index is -0.741. The number of rotatable bonds is 1. The van der Waals surface area contributed by atoms with Crippen LogP contribution >= 0.6 is 0 Å². The van der Waals surface area contributed by atoms with E-state index in [9.17, 15) is 9.59 Å². The lowest BCUT2D eigenvalue weighted by atomic mass is 9.81. The molecule has 74 valence electrons. The Morgan fingerprint density at radius 3 is 2.15 bits per heavy atom. The summed E-state index contributed by atoms with van der Waals surface area (Å²) in [6, 6.07) is -0.392. The summed E-state index contributed by atoms with van der Waals surface area (Å²) in [6.45, 7) is 7.86. The fourth-order valence-corrected chi connectivity index (χ4v) is 1.76. The summed E-state index contributed by atoms with van der Waals surface area (Å²) in [5.41, 5.74) is -0.723. The van der Waals surface area contributed by atoms with Gasteiger partial charge in [0.2, 0.25) is 0 Å². The van der Waals surface area contributed by atoms with Crippen molar-refractivity contribution in [3.63, 3.8) is 0 Å². The Morgan fingerprint density at radius 1 is 1.31 bits per heavy atom. The maximum Gasteiger partial charge on any atom is 0.322 e. The SMILES string of the molecule is CC(C)(C)C[C@@]1(C)NC(=O)NC1=O. The molecule has 0 unspecified atom stereocenters. The van der Waals surface area contributed by atoms with E-state index in [1.165, 1.54) is 0 Å². The predicted molar refractivity (Wildman–Crippen MR) is 49.2 cm³/mol. The molecule has 2 N–H and O–H groups in total. The van der Waals surface area contributed by atoms with Gasteiger partial charge in [-0.25, -0.2) is 4.79 Å². The van der Waals surface area contributed by atoms with E-state index in [1.54, 1.807) is 6.92 Å². The Balaban J connectivity index is 2.77. The summed E-state index contributed by atoms with van der Waals surface area (Å²) in [5.74, 6) is -0.229. The third-order valence-corrected chi connectivity index (χ3v) is 2.00. The van der Waals surface area contributed by atoms with E-state index < -0.39 is 11.6 Å². The minimum Gasteiger partial charge on any atom is -0.324 e. The van der Waals surface area contributed by atoms with Crippen LogP contribution in [0.25, 0.3) is 0 Å². The van der Waals surface area contributed by atoms with Gasteiger partial charge in [-0.15, -0.1) is 0 Å². The highest BCUT2D eigenvalue weighted by Gasteiger charge is 2.44. The number of hydrogen-bond donors (Lipinski definition) is 2. The lowest BCUT2D eigenvalue weighted by Gasteiger charge is -2.29. The molecule has 1 heterocycles. The Bertz CT molecular complexity index is 255. The molecule has 3 amide bonds. The van der Waals surface area contributed by atoms with Gasteiger partial charge in [0.15, 0.2) is 0 Å². The van der Waals surface area contributed by atoms with Gasteiger partial charge in [0.1, 0.15) is 5.54 Å². The summed E-state index contributed by atoms with van der Waals surface area (Å²) in [5, 5.41) is 4.88. The van der Waals surface area contributed by atoms with Gasteiger partial charge >= 0.3 is 6.03 Å². The second-order valence-electron chi connectivity index (χ2n) is 4.98. The van der Waals surface area contributed by atoms with Crippen LogP contribution in [0.3, 0.4) is 0 Å². The van der Waals surface area contributed by atoms with E-state index >= 15 is 0 Å². The number of imide groups is 1. The smallest absolute Gasteiger partial charge is 0.322 e. The standard InChI is InChI=1S/C9H16N2O2/c1-8(2,3)5-9(4)6(12)10-7(13)11-9/h5H2,1-4H3,(H2,10,11,12,13)/t9-/m1/s1. The zero-order valence-corrected chi connectivity index (χ0v) is 8.52. The molecule has 0 aromatic rings. The summed E-state index contributed by atoms with van der Waals surface area (Å²) in [4.78, 5) is 22.3. The van der Waals surface area contributed by atoms with E-state index in [0.29, 0.717) is 6.42 Å². The van der Waals surface area contributed by atoms with Crippen LogP contribution in [0.15, 0.2) is 0 Å². The highest BCUT2D eigenvalue weighted by Crippen LogP contribution is 2.28. The summed E-state index contributed by atoms with van der Waals surface area (Å²) >= 11 is 0. The molecule has 1 saturated heterocycles. The largest absolute Gasteiger partial charge is 0.324 e. The first-order valence-electron chi connectivity index (χ1n) is 4.37. The normalized spacial score (nSPS) is 28.6. The van der Waals surface area contributed by atoms with Gasteiger partial charge in [0.25, 0.3) is 5.91 Å². The number of nitrogens with one attached hydrogen (secondary N) is 2. The molecule has 1 fully saturated rings. The molecule has 13 heavy (non-hydrogen) atoms. The van der Waals surface area contributed by atoms with E-state index in [0.717, 1.165) is 0 Å². The molecule has 1 aliphatic heterocycles. The first-order chi connectivity index (χ1) is 5.73. The molecule has 0 aromatic heterocycles. The topological polar surface area (TPSA) is 58.2 Å². The number of carbonyl (C=O) groups is 2. The molecule has 0 aliphatic carbocycles. The van der Waals surface area contributed by atoms with Crippen molar-refractivity contribution in [1.82, 2.24) is 10.6 Å². The van der Waals surface area contributed by atoms with Crippen molar-refractivity contribution in [3.8, 4) is 0 Å². The van der Waals surface area contributed by atoms with Crippen molar-refractivity contribution in [1.29, 1.82) is 0 Å². The van der Waals surface area contributed by atoms with E-state index in [2.05, 4.69) is 10.6 Å². The molecule has 0 bridgehead atoms. The molecular weight excluding hydrogens is 168 g/mol. The van der Waals surface area contributed by atoms with Gasteiger partial charge in [0.05, 0.1) is 0 Å². The van der Waals surface area contributed by atoms with Crippen LogP contribution in [0.4, 0.5) is 4.79 Å². The van der Waals surface area contributed by atoms with Crippen molar-refractivity contribution in [2.75, 3.05) is 0 Å². The van der Waals surface area contributed by atoms with Gasteiger partial charge < -0.3 is 5.32 Å². The monoisotopic (exact) mass is 184 g/mol. The van der Waals surface area contributed by atoms with E-state index in [-0.39, 0.29) is 11.3 Å². The summed E-state index contributed by atoms with van der Waals surface area (Å²) < 4.78 is 0. The van der Waals surface area contributed by atoms with Gasteiger partial charge in [0, 0.05) is 0 Å². The molecule has 0 spiro atoms. The summed E-state index contributed by atoms with van der Waals surface area (Å²) in [7, 11) is 0. The van der Waals surface area contributed by atoms with Crippen LogP contribution in [-0.4, -0.2) is 17.5 Å². The molecular formula is C9H16N2O2. The Hall–Kier alpha value is -1.06. The number of hydrogen-bond acceptors (Lipinski definition) is 2. The highest BCUT2D eigenvalue weighted by molar-refractivity contribution is 6.06. The first-order valence-corrected chi connectivity index (χ1v) is 4.37. The van der Waals surface area contributed by atoms with Crippen molar-refractivity contribution in [3.05, 3.63) is 0 Å². The quantitative estimate of drug-likeness (QED) is 0.598. The second-order valence-corrected chi connectivity index (χ2v) is 4.98. The van der Waals surface area contributed by atoms with Gasteiger partial charge in [-0.1, -0.05) is 20.8 Å². The lowest BCUT2D eigenvalue weighted by Crippen LogP contribution is -2.46.